The molecule has 8 nitrogen and oxygen atoms in total. The van der Waals surface area contributed by atoms with Gasteiger partial charge in [-0.05, 0) is 43.7 Å². The van der Waals surface area contributed by atoms with Gasteiger partial charge >= 0.3 is 5.97 Å². The number of amides is 2. The van der Waals surface area contributed by atoms with Crippen LogP contribution in [0, 0.1) is 5.92 Å². The van der Waals surface area contributed by atoms with Crippen molar-refractivity contribution in [1.82, 2.24) is 10.2 Å². The topological polar surface area (TPSA) is 97.0 Å². The molecule has 8 heteroatoms. The summed E-state index contributed by atoms with van der Waals surface area (Å²) in [6.07, 6.45) is 0.486. The molecule has 1 atom stereocenters. The molecule has 0 aromatic heterocycles. The molecular weight excluding hydrogens is 350 g/mol. The Morgan fingerprint density at radius 2 is 1.63 bits per heavy atom. The van der Waals surface area contributed by atoms with Crippen LogP contribution >= 0.6 is 0 Å². The summed E-state index contributed by atoms with van der Waals surface area (Å²) in [4.78, 5) is 37.6. The fourth-order valence-electron chi connectivity index (χ4n) is 2.49. The Morgan fingerprint density at radius 1 is 1.04 bits per heavy atom. The van der Waals surface area contributed by atoms with E-state index in [1.54, 1.807) is 43.3 Å². The minimum Gasteiger partial charge on any atom is -0.497 e. The normalized spacial score (nSPS) is 11.8. The number of esters is 1. The van der Waals surface area contributed by atoms with E-state index in [1.807, 2.05) is 13.8 Å². The lowest BCUT2D eigenvalue weighted by Crippen LogP contribution is -2.46. The van der Waals surface area contributed by atoms with Crippen LogP contribution in [0.15, 0.2) is 24.3 Å². The maximum atomic E-state index is 12.2. The molecule has 0 unspecified atom stereocenters. The van der Waals surface area contributed by atoms with E-state index in [-0.39, 0.29) is 30.8 Å². The van der Waals surface area contributed by atoms with Crippen molar-refractivity contribution >= 4 is 23.5 Å². The Morgan fingerprint density at radius 3 is 2.15 bits per heavy atom. The highest BCUT2D eigenvalue weighted by molar-refractivity contribution is 5.92. The summed E-state index contributed by atoms with van der Waals surface area (Å²) >= 11 is 0. The molecule has 2 amide bonds. The highest BCUT2D eigenvalue weighted by Gasteiger charge is 2.23. The second-order valence-corrected chi connectivity index (χ2v) is 6.72. The van der Waals surface area contributed by atoms with E-state index < -0.39 is 12.0 Å². The van der Waals surface area contributed by atoms with Crippen molar-refractivity contribution in [2.24, 2.45) is 5.92 Å². The zero-order valence-electron chi connectivity index (χ0n) is 16.6. The molecule has 1 aromatic carbocycles. The van der Waals surface area contributed by atoms with Gasteiger partial charge in [0.05, 0.1) is 27.3 Å². The molecule has 0 saturated carbocycles. The predicted molar refractivity (Wildman–Crippen MR) is 103 cm³/mol. The third-order valence-electron chi connectivity index (χ3n) is 3.73. The quantitative estimate of drug-likeness (QED) is 0.594. The predicted octanol–water partition coefficient (Wildman–Crippen LogP) is 1.27. The SMILES string of the molecule is COC(=O)[C@@H](CC(C)C)NC(=O)CN(C)CC(=O)Nc1ccc(OC)cc1. The van der Waals surface area contributed by atoms with E-state index in [2.05, 4.69) is 10.6 Å². The van der Waals surface area contributed by atoms with Crippen molar-refractivity contribution in [3.05, 3.63) is 24.3 Å². The lowest BCUT2D eigenvalue weighted by Gasteiger charge is -2.21. The fraction of sp³-hybridized carbons (Fsp3) is 0.526. The van der Waals surface area contributed by atoms with Gasteiger partial charge in [-0.15, -0.1) is 0 Å². The van der Waals surface area contributed by atoms with Crippen LogP contribution in [-0.2, 0) is 19.1 Å². The molecule has 1 aromatic rings. The van der Waals surface area contributed by atoms with Crippen molar-refractivity contribution in [3.8, 4) is 5.75 Å². The minimum absolute atomic E-state index is 0.0123. The first-order valence-electron chi connectivity index (χ1n) is 8.74. The van der Waals surface area contributed by atoms with Gasteiger partial charge in [-0.2, -0.15) is 0 Å². The van der Waals surface area contributed by atoms with Gasteiger partial charge in [0.25, 0.3) is 0 Å². The highest BCUT2D eigenvalue weighted by Crippen LogP contribution is 2.14. The van der Waals surface area contributed by atoms with E-state index in [0.29, 0.717) is 17.9 Å². The van der Waals surface area contributed by atoms with Crippen LogP contribution in [-0.4, -0.2) is 63.1 Å². The second kappa shape index (κ2) is 11.2. The number of nitrogens with one attached hydrogen (secondary N) is 2. The van der Waals surface area contributed by atoms with E-state index in [9.17, 15) is 14.4 Å². The number of hydrogen-bond acceptors (Lipinski definition) is 6. The number of likely N-dealkylation sites (N-methyl/N-ethyl adjacent to an activating group) is 1. The lowest BCUT2D eigenvalue weighted by molar-refractivity contribution is -0.145. The Labute approximate surface area is 160 Å². The van der Waals surface area contributed by atoms with Crippen LogP contribution < -0.4 is 15.4 Å². The van der Waals surface area contributed by atoms with E-state index in [0.717, 1.165) is 0 Å². The first-order chi connectivity index (χ1) is 12.7. The third-order valence-corrected chi connectivity index (χ3v) is 3.73. The highest BCUT2D eigenvalue weighted by atomic mass is 16.5. The van der Waals surface area contributed by atoms with Crippen molar-refractivity contribution in [1.29, 1.82) is 0 Å². The van der Waals surface area contributed by atoms with Gasteiger partial charge in [0.2, 0.25) is 11.8 Å². The monoisotopic (exact) mass is 379 g/mol. The number of anilines is 1. The Bertz CT molecular complexity index is 631. The molecule has 0 radical (unpaired) electrons. The number of nitrogens with zero attached hydrogens (tertiary/aromatic N) is 1. The summed E-state index contributed by atoms with van der Waals surface area (Å²) in [5.41, 5.74) is 0.640. The summed E-state index contributed by atoms with van der Waals surface area (Å²) in [5, 5.41) is 5.41. The Kier molecular flexibility index (Phi) is 9.29. The zero-order valence-corrected chi connectivity index (χ0v) is 16.6. The molecule has 0 heterocycles. The van der Waals surface area contributed by atoms with Crippen LogP contribution in [0.1, 0.15) is 20.3 Å². The summed E-state index contributed by atoms with van der Waals surface area (Å²) in [7, 11) is 4.51. The number of carbonyl (C=O) groups excluding carboxylic acids is 3. The molecule has 0 bridgehead atoms. The van der Waals surface area contributed by atoms with Crippen molar-refractivity contribution in [3.63, 3.8) is 0 Å². The molecule has 0 aliphatic heterocycles. The molecule has 0 fully saturated rings. The van der Waals surface area contributed by atoms with Crippen LogP contribution in [0.5, 0.6) is 5.75 Å². The smallest absolute Gasteiger partial charge is 0.328 e. The number of methoxy groups -OCH3 is 2. The minimum atomic E-state index is -0.691. The number of ether oxygens (including phenoxy) is 2. The van der Waals surface area contributed by atoms with E-state index in [4.69, 9.17) is 9.47 Å². The maximum Gasteiger partial charge on any atom is 0.328 e. The van der Waals surface area contributed by atoms with Crippen molar-refractivity contribution in [2.45, 2.75) is 26.3 Å². The maximum absolute atomic E-state index is 12.2. The average molecular weight is 379 g/mol. The molecule has 0 saturated heterocycles. The molecule has 0 spiro atoms. The Balaban J connectivity index is 2.48. The Hall–Kier alpha value is -2.61. The van der Waals surface area contributed by atoms with Gasteiger partial charge in [-0.1, -0.05) is 13.8 Å². The first kappa shape index (κ1) is 22.4. The number of carbonyl (C=O) groups is 3. The molecule has 27 heavy (non-hydrogen) atoms. The van der Waals surface area contributed by atoms with Crippen LogP contribution in [0.25, 0.3) is 0 Å². The van der Waals surface area contributed by atoms with Crippen molar-refractivity contribution < 1.29 is 23.9 Å². The number of benzene rings is 1. The molecule has 0 aliphatic rings. The van der Waals surface area contributed by atoms with Gasteiger partial charge < -0.3 is 20.1 Å². The largest absolute Gasteiger partial charge is 0.497 e. The van der Waals surface area contributed by atoms with Gasteiger partial charge in [0.15, 0.2) is 0 Å². The summed E-state index contributed by atoms with van der Waals surface area (Å²) in [6, 6.07) is 6.26. The zero-order chi connectivity index (χ0) is 20.4. The molecule has 2 N–H and O–H groups in total. The van der Waals surface area contributed by atoms with Gasteiger partial charge in [0.1, 0.15) is 11.8 Å². The second-order valence-electron chi connectivity index (χ2n) is 6.72. The standard InChI is InChI=1S/C19H29N3O5/c1-13(2)10-16(19(25)27-5)21-18(24)12-22(3)11-17(23)20-14-6-8-15(26-4)9-7-14/h6-9,13,16H,10-12H2,1-5H3,(H,20,23)(H,21,24)/t16-/m1/s1. The average Bonchev–Trinajstić information content (AvgIpc) is 2.60. The van der Waals surface area contributed by atoms with Gasteiger partial charge in [0, 0.05) is 5.69 Å². The summed E-state index contributed by atoms with van der Waals surface area (Å²) in [5.74, 6) is -0.143. The van der Waals surface area contributed by atoms with E-state index in [1.165, 1.54) is 7.11 Å². The lowest BCUT2D eigenvalue weighted by atomic mass is 10.0. The molecule has 0 aliphatic carbocycles. The first-order valence-corrected chi connectivity index (χ1v) is 8.74. The van der Waals surface area contributed by atoms with Crippen LogP contribution in [0.4, 0.5) is 5.69 Å². The summed E-state index contributed by atoms with van der Waals surface area (Å²) < 4.78 is 9.79. The van der Waals surface area contributed by atoms with E-state index >= 15 is 0 Å². The van der Waals surface area contributed by atoms with Crippen molar-refractivity contribution in [2.75, 3.05) is 39.7 Å². The fourth-order valence-corrected chi connectivity index (χ4v) is 2.49. The molecular formula is C19H29N3O5. The number of hydrogen-bond donors (Lipinski definition) is 2. The molecule has 1 rings (SSSR count). The van der Waals surface area contributed by atoms with Gasteiger partial charge in [-0.25, -0.2) is 4.79 Å². The van der Waals surface area contributed by atoms with Gasteiger partial charge in [-0.3, -0.25) is 14.5 Å². The third kappa shape index (κ3) is 8.54. The summed E-state index contributed by atoms with van der Waals surface area (Å²) in [6.45, 7) is 3.93. The number of rotatable bonds is 10. The molecule has 150 valence electrons. The van der Waals surface area contributed by atoms with Crippen LogP contribution in [0.3, 0.4) is 0 Å². The van der Waals surface area contributed by atoms with Crippen LogP contribution in [0.2, 0.25) is 0 Å².